The first-order chi connectivity index (χ1) is 3.66. The van der Waals surface area contributed by atoms with E-state index in [4.69, 9.17) is 6.42 Å². The Bertz CT molecular complexity index is 125. The van der Waals surface area contributed by atoms with Gasteiger partial charge in [0.1, 0.15) is 0 Å². The van der Waals surface area contributed by atoms with Gasteiger partial charge >= 0.3 is 6.09 Å². The van der Waals surface area contributed by atoms with Crippen molar-refractivity contribution in [3.63, 3.8) is 0 Å². The largest absolute Gasteiger partial charge is 0.433 e. The maximum atomic E-state index is 9.87. The molecule has 0 aliphatic heterocycles. The first-order valence-electron chi connectivity index (χ1n) is 2.09. The molecule has 0 aromatic rings. The van der Waals surface area contributed by atoms with Crippen LogP contribution in [0.2, 0.25) is 0 Å². The molecular weight excluding hydrogens is 106 g/mol. The highest BCUT2D eigenvalue weighted by Gasteiger charge is 1.97. The molecule has 44 valence electrons. The van der Waals surface area contributed by atoms with E-state index in [2.05, 4.69) is 16.4 Å². The molecule has 0 aliphatic rings. The number of hydrogen-bond acceptors (Lipinski definition) is 2. The highest BCUT2D eigenvalue weighted by Crippen LogP contribution is 1.84. The smallest absolute Gasteiger partial charge is 0.405 e. The Balaban J connectivity index is 3.43. The van der Waals surface area contributed by atoms with Crippen molar-refractivity contribution in [2.24, 2.45) is 5.73 Å². The van der Waals surface area contributed by atoms with Crippen LogP contribution in [0.5, 0.6) is 0 Å². The molecule has 1 atom stereocenters. The zero-order valence-corrected chi connectivity index (χ0v) is 4.55. The van der Waals surface area contributed by atoms with Crippen molar-refractivity contribution in [1.29, 1.82) is 0 Å². The van der Waals surface area contributed by atoms with Gasteiger partial charge in [0.05, 0.1) is 0 Å². The Kier molecular flexibility index (Phi) is 2.49. The molecule has 0 spiro atoms. The molecule has 1 amide bonds. The summed E-state index contributed by atoms with van der Waals surface area (Å²) in [6.07, 6.45) is 3.48. The Morgan fingerprint density at radius 3 is 2.62 bits per heavy atom. The molecule has 0 aromatic carbocycles. The fraction of sp³-hybridized carbons (Fsp3) is 0.400. The van der Waals surface area contributed by atoms with Crippen LogP contribution in [0.4, 0.5) is 4.79 Å². The van der Waals surface area contributed by atoms with Crippen molar-refractivity contribution >= 4 is 6.09 Å². The number of hydrogen-bond donors (Lipinski definition) is 1. The van der Waals surface area contributed by atoms with Crippen LogP contribution in [0.15, 0.2) is 0 Å². The van der Waals surface area contributed by atoms with Crippen molar-refractivity contribution in [2.45, 2.75) is 13.0 Å². The summed E-state index contributed by atoms with van der Waals surface area (Å²) >= 11 is 0. The number of carbonyl (C=O) groups is 1. The molecule has 0 unspecified atom stereocenters. The molecular formula is C5H7NO2. The zero-order valence-electron chi connectivity index (χ0n) is 4.55. The average molecular weight is 113 g/mol. The fourth-order valence-electron chi connectivity index (χ4n) is 0.208. The summed E-state index contributed by atoms with van der Waals surface area (Å²) in [6, 6.07) is 0. The number of rotatable bonds is 1. The van der Waals surface area contributed by atoms with Gasteiger partial charge in [0.25, 0.3) is 0 Å². The van der Waals surface area contributed by atoms with Crippen LogP contribution in [0.3, 0.4) is 0 Å². The lowest BCUT2D eigenvalue weighted by Crippen LogP contribution is -2.18. The van der Waals surface area contributed by atoms with E-state index in [9.17, 15) is 4.79 Å². The van der Waals surface area contributed by atoms with Crippen LogP contribution in [0, 0.1) is 12.3 Å². The van der Waals surface area contributed by atoms with Crippen molar-refractivity contribution in [1.82, 2.24) is 0 Å². The number of nitrogens with two attached hydrogens (primary N) is 1. The van der Waals surface area contributed by atoms with E-state index >= 15 is 0 Å². The van der Waals surface area contributed by atoms with E-state index in [1.54, 1.807) is 6.92 Å². The summed E-state index contributed by atoms with van der Waals surface area (Å²) < 4.78 is 4.30. The molecule has 0 aromatic heterocycles. The number of primary amides is 1. The third kappa shape index (κ3) is 3.04. The van der Waals surface area contributed by atoms with E-state index in [0.29, 0.717) is 0 Å². The Hall–Kier alpha value is -1.17. The Labute approximate surface area is 47.8 Å². The van der Waals surface area contributed by atoms with Gasteiger partial charge in [-0.05, 0) is 6.92 Å². The van der Waals surface area contributed by atoms with E-state index in [-0.39, 0.29) is 0 Å². The summed E-state index contributed by atoms with van der Waals surface area (Å²) in [5, 5.41) is 0. The molecule has 0 radical (unpaired) electrons. The summed E-state index contributed by atoms with van der Waals surface area (Å²) in [5.41, 5.74) is 4.61. The molecule has 0 fully saturated rings. The minimum Gasteiger partial charge on any atom is -0.433 e. The third-order valence-electron chi connectivity index (χ3n) is 0.528. The summed E-state index contributed by atoms with van der Waals surface area (Å²) in [4.78, 5) is 9.87. The summed E-state index contributed by atoms with van der Waals surface area (Å²) in [5.74, 6) is 2.17. The van der Waals surface area contributed by atoms with E-state index in [1.165, 1.54) is 0 Å². The van der Waals surface area contributed by atoms with Gasteiger partial charge in [-0.1, -0.05) is 5.92 Å². The molecule has 0 rings (SSSR count). The Morgan fingerprint density at radius 1 is 2.00 bits per heavy atom. The van der Waals surface area contributed by atoms with Gasteiger partial charge in [0.2, 0.25) is 0 Å². The lowest BCUT2D eigenvalue weighted by molar-refractivity contribution is 0.141. The van der Waals surface area contributed by atoms with Crippen LogP contribution >= 0.6 is 0 Å². The van der Waals surface area contributed by atoms with Gasteiger partial charge in [-0.2, -0.15) is 0 Å². The number of terminal acetylenes is 1. The Morgan fingerprint density at radius 2 is 2.50 bits per heavy atom. The lowest BCUT2D eigenvalue weighted by atomic mass is 10.4. The second-order valence-corrected chi connectivity index (χ2v) is 1.25. The van der Waals surface area contributed by atoms with Crippen molar-refractivity contribution in [3.8, 4) is 12.3 Å². The molecule has 0 bridgehead atoms. The van der Waals surface area contributed by atoms with Gasteiger partial charge in [-0.25, -0.2) is 4.79 Å². The highest BCUT2D eigenvalue weighted by molar-refractivity contribution is 5.65. The van der Waals surface area contributed by atoms with Crippen molar-refractivity contribution in [2.75, 3.05) is 0 Å². The SMILES string of the molecule is C#C[C@@H](C)OC(N)=O. The summed E-state index contributed by atoms with van der Waals surface area (Å²) in [6.45, 7) is 1.56. The summed E-state index contributed by atoms with van der Waals surface area (Å²) in [7, 11) is 0. The highest BCUT2D eigenvalue weighted by atomic mass is 16.6. The van der Waals surface area contributed by atoms with Gasteiger partial charge in [-0.15, -0.1) is 6.42 Å². The predicted molar refractivity (Wildman–Crippen MR) is 29.0 cm³/mol. The molecule has 0 aliphatic carbocycles. The third-order valence-corrected chi connectivity index (χ3v) is 0.528. The van der Waals surface area contributed by atoms with Gasteiger partial charge in [-0.3, -0.25) is 0 Å². The topological polar surface area (TPSA) is 52.3 Å². The molecule has 0 heterocycles. The molecule has 8 heavy (non-hydrogen) atoms. The van der Waals surface area contributed by atoms with Gasteiger partial charge < -0.3 is 10.5 Å². The maximum Gasteiger partial charge on any atom is 0.405 e. The van der Waals surface area contributed by atoms with Crippen LogP contribution in [0.1, 0.15) is 6.92 Å². The van der Waals surface area contributed by atoms with E-state index in [0.717, 1.165) is 0 Å². The minimum absolute atomic E-state index is 0.521. The van der Waals surface area contributed by atoms with Crippen molar-refractivity contribution in [3.05, 3.63) is 0 Å². The lowest BCUT2D eigenvalue weighted by Gasteiger charge is -2.00. The quantitative estimate of drug-likeness (QED) is 0.490. The predicted octanol–water partition coefficient (Wildman–Crippen LogP) is 0.103. The standard InChI is InChI=1S/C5H7NO2/c1-3-4(2)8-5(6)7/h1,4H,2H3,(H2,6,7)/t4-/m1/s1. The monoisotopic (exact) mass is 113 g/mol. The van der Waals surface area contributed by atoms with Gasteiger partial charge in [0, 0.05) is 0 Å². The second kappa shape index (κ2) is 2.92. The maximum absolute atomic E-state index is 9.87. The minimum atomic E-state index is -0.838. The molecule has 3 nitrogen and oxygen atoms in total. The first kappa shape index (κ1) is 6.83. The van der Waals surface area contributed by atoms with Crippen LogP contribution in [-0.2, 0) is 4.74 Å². The number of amides is 1. The number of carbonyl (C=O) groups excluding carboxylic acids is 1. The van der Waals surface area contributed by atoms with Crippen LogP contribution in [0.25, 0.3) is 0 Å². The van der Waals surface area contributed by atoms with Crippen LogP contribution < -0.4 is 5.73 Å². The zero-order chi connectivity index (χ0) is 6.57. The van der Waals surface area contributed by atoms with E-state index < -0.39 is 12.2 Å². The van der Waals surface area contributed by atoms with Crippen LogP contribution in [-0.4, -0.2) is 12.2 Å². The average Bonchev–Trinajstić information content (AvgIpc) is 1.65. The molecule has 0 saturated heterocycles. The molecule has 2 N–H and O–H groups in total. The van der Waals surface area contributed by atoms with Gasteiger partial charge in [0.15, 0.2) is 6.10 Å². The normalized spacial score (nSPS) is 11.5. The second-order valence-electron chi connectivity index (χ2n) is 1.25. The number of ether oxygens (including phenoxy) is 1. The fourth-order valence-corrected chi connectivity index (χ4v) is 0.208. The molecule has 0 saturated carbocycles. The van der Waals surface area contributed by atoms with E-state index in [1.807, 2.05) is 0 Å². The first-order valence-corrected chi connectivity index (χ1v) is 2.09. The van der Waals surface area contributed by atoms with Crippen molar-refractivity contribution < 1.29 is 9.53 Å². The molecule has 3 heteroatoms.